The van der Waals surface area contributed by atoms with E-state index in [9.17, 15) is 4.39 Å². The number of piperidine rings is 1. The summed E-state index contributed by atoms with van der Waals surface area (Å²) in [4.78, 5) is 5.56. The molecular weight excluding hydrogens is 341 g/mol. The lowest BCUT2D eigenvalue weighted by atomic mass is 10.1. The first-order valence-corrected chi connectivity index (χ1v) is 8.15. The molecule has 1 fully saturated rings. The molecule has 1 saturated heterocycles. The number of aromatic nitrogens is 2. The number of hydrogen-bond donors (Lipinski definition) is 1. The number of nitrogens with zero attached hydrogens (tertiary/aromatic N) is 2. The van der Waals surface area contributed by atoms with E-state index in [2.05, 4.69) is 30.4 Å². The Morgan fingerprint density at radius 1 is 1.20 bits per heavy atom. The largest absolute Gasteiger partial charge is 0.330 e. The molecule has 1 aromatic heterocycles. The number of H-pyrrole nitrogens is 1. The lowest BCUT2D eigenvalue weighted by molar-refractivity contribution is 0.221. The third kappa shape index (κ3) is 2.82. The van der Waals surface area contributed by atoms with Crippen LogP contribution in [0.25, 0.3) is 11.0 Å². The van der Waals surface area contributed by atoms with Crippen LogP contribution in [0, 0.1) is 10.6 Å². The molecule has 0 amide bonds. The van der Waals surface area contributed by atoms with Crippen molar-refractivity contribution in [2.45, 2.75) is 25.8 Å². The van der Waals surface area contributed by atoms with E-state index in [1.54, 1.807) is 6.07 Å². The zero-order chi connectivity index (χ0) is 14.1. The Hall–Kier alpha value is -0.720. The van der Waals surface area contributed by atoms with Crippen LogP contribution in [0.1, 0.15) is 19.3 Å². The maximum Gasteiger partial charge on any atom is 0.178 e. The van der Waals surface area contributed by atoms with Gasteiger partial charge in [0, 0.05) is 19.2 Å². The molecule has 2 heterocycles. The molecule has 1 aliphatic heterocycles. The van der Waals surface area contributed by atoms with Crippen molar-refractivity contribution < 1.29 is 4.39 Å². The van der Waals surface area contributed by atoms with Crippen LogP contribution in [-0.2, 0) is 6.54 Å². The van der Waals surface area contributed by atoms with Gasteiger partial charge in [0.15, 0.2) is 4.77 Å². The second kappa shape index (κ2) is 5.95. The minimum atomic E-state index is -0.267. The molecule has 6 heteroatoms. The molecule has 1 aromatic carbocycles. The van der Waals surface area contributed by atoms with E-state index in [1.807, 2.05) is 0 Å². The molecule has 0 radical (unpaired) electrons. The summed E-state index contributed by atoms with van der Waals surface area (Å²) in [7, 11) is 0. The second-order valence-corrected chi connectivity index (χ2v) is 6.51. The Kier molecular flexibility index (Phi) is 4.23. The van der Waals surface area contributed by atoms with Crippen LogP contribution < -0.4 is 0 Å². The first-order chi connectivity index (χ1) is 9.65. The van der Waals surface area contributed by atoms with Crippen molar-refractivity contribution in [1.29, 1.82) is 0 Å². The van der Waals surface area contributed by atoms with Crippen LogP contribution in [0.2, 0.25) is 0 Å². The Labute approximate surface area is 130 Å². The van der Waals surface area contributed by atoms with E-state index in [4.69, 9.17) is 12.2 Å². The molecule has 3 rings (SSSR count). The lowest BCUT2D eigenvalue weighted by Gasteiger charge is -2.26. The first-order valence-electron chi connectivity index (χ1n) is 6.95. The standard InChI is InChI=1S/C14H17BrFN3S/c15-10-8-13-12(9-11(10)16)17-14(20)19(13)7-6-18-4-2-1-3-5-18/h8-9H,1-7H2,(H,17,20). The predicted octanol–water partition coefficient (Wildman–Crippen LogP) is 4.09. The molecule has 108 valence electrons. The SMILES string of the molecule is Fc1cc2[nH]c(=S)n(CCN3CCCCC3)c2cc1Br. The predicted molar refractivity (Wildman–Crippen MR) is 85.1 cm³/mol. The van der Waals surface area contributed by atoms with Gasteiger partial charge in [-0.1, -0.05) is 6.42 Å². The molecule has 0 spiro atoms. The van der Waals surface area contributed by atoms with E-state index in [-0.39, 0.29) is 5.82 Å². The van der Waals surface area contributed by atoms with Crippen LogP contribution in [0.4, 0.5) is 4.39 Å². The van der Waals surface area contributed by atoms with Gasteiger partial charge >= 0.3 is 0 Å². The van der Waals surface area contributed by atoms with Gasteiger partial charge in [0.05, 0.1) is 15.5 Å². The van der Waals surface area contributed by atoms with Gasteiger partial charge in [0.25, 0.3) is 0 Å². The summed E-state index contributed by atoms with van der Waals surface area (Å²) in [6, 6.07) is 3.29. The first kappa shape index (κ1) is 14.2. The van der Waals surface area contributed by atoms with Crippen molar-refractivity contribution in [3.05, 3.63) is 27.2 Å². The molecule has 0 atom stereocenters. The highest BCUT2D eigenvalue weighted by Gasteiger charge is 2.12. The summed E-state index contributed by atoms with van der Waals surface area (Å²) in [5.41, 5.74) is 1.72. The second-order valence-electron chi connectivity index (χ2n) is 5.27. The van der Waals surface area contributed by atoms with Gasteiger partial charge in [-0.3, -0.25) is 0 Å². The number of halogens is 2. The van der Waals surface area contributed by atoms with E-state index in [0.717, 1.165) is 24.1 Å². The highest BCUT2D eigenvalue weighted by atomic mass is 79.9. The number of fused-ring (bicyclic) bond motifs is 1. The fraction of sp³-hybridized carbons (Fsp3) is 0.500. The van der Waals surface area contributed by atoms with Crippen LogP contribution in [0.5, 0.6) is 0 Å². The van der Waals surface area contributed by atoms with Crippen molar-refractivity contribution in [2.75, 3.05) is 19.6 Å². The third-order valence-corrected chi connectivity index (χ3v) is 4.83. The number of likely N-dealkylation sites (tertiary alicyclic amines) is 1. The van der Waals surface area contributed by atoms with E-state index in [0.29, 0.717) is 9.24 Å². The summed E-state index contributed by atoms with van der Waals surface area (Å²) >= 11 is 8.60. The molecule has 3 nitrogen and oxygen atoms in total. The summed E-state index contributed by atoms with van der Waals surface area (Å²) in [6.07, 6.45) is 3.92. The van der Waals surface area contributed by atoms with Crippen LogP contribution in [0.15, 0.2) is 16.6 Å². The van der Waals surface area contributed by atoms with Crippen LogP contribution in [-0.4, -0.2) is 34.1 Å². The van der Waals surface area contributed by atoms with E-state index in [1.165, 1.54) is 38.4 Å². The van der Waals surface area contributed by atoms with Crippen LogP contribution in [0.3, 0.4) is 0 Å². The number of hydrogen-bond acceptors (Lipinski definition) is 2. The molecule has 0 aliphatic carbocycles. The lowest BCUT2D eigenvalue weighted by Crippen LogP contribution is -2.32. The molecule has 2 aromatic rings. The maximum atomic E-state index is 13.5. The monoisotopic (exact) mass is 357 g/mol. The summed E-state index contributed by atoms with van der Waals surface area (Å²) in [6.45, 7) is 4.19. The number of benzene rings is 1. The van der Waals surface area contributed by atoms with Crippen molar-refractivity contribution in [2.24, 2.45) is 0 Å². The third-order valence-electron chi connectivity index (χ3n) is 3.90. The highest BCUT2D eigenvalue weighted by Crippen LogP contribution is 2.23. The Morgan fingerprint density at radius 3 is 2.70 bits per heavy atom. The van der Waals surface area contributed by atoms with Crippen molar-refractivity contribution in [3.8, 4) is 0 Å². The maximum absolute atomic E-state index is 13.5. The zero-order valence-corrected chi connectivity index (χ0v) is 13.6. The highest BCUT2D eigenvalue weighted by molar-refractivity contribution is 9.10. The topological polar surface area (TPSA) is 24.0 Å². The average molecular weight is 358 g/mol. The molecule has 1 aliphatic rings. The Morgan fingerprint density at radius 2 is 1.95 bits per heavy atom. The summed E-state index contributed by atoms with van der Waals surface area (Å²) in [5.74, 6) is -0.267. The average Bonchev–Trinajstić information content (AvgIpc) is 2.73. The molecule has 0 saturated carbocycles. The fourth-order valence-corrected chi connectivity index (χ4v) is 3.43. The number of nitrogens with one attached hydrogen (secondary N) is 1. The van der Waals surface area contributed by atoms with E-state index < -0.39 is 0 Å². The zero-order valence-electron chi connectivity index (χ0n) is 11.2. The Bertz CT molecular complexity index is 673. The molecule has 0 unspecified atom stereocenters. The Balaban J connectivity index is 1.85. The van der Waals surface area contributed by atoms with Gasteiger partial charge in [-0.05, 0) is 60.1 Å². The van der Waals surface area contributed by atoms with Crippen molar-refractivity contribution in [1.82, 2.24) is 14.5 Å². The normalized spacial score (nSPS) is 16.9. The quantitative estimate of drug-likeness (QED) is 0.836. The number of rotatable bonds is 3. The van der Waals surface area contributed by atoms with Gasteiger partial charge in [0.2, 0.25) is 0 Å². The number of imidazole rings is 1. The molecular formula is C14H17BrFN3S. The summed E-state index contributed by atoms with van der Waals surface area (Å²) < 4.78 is 16.7. The van der Waals surface area contributed by atoms with Gasteiger partial charge in [0.1, 0.15) is 5.82 Å². The van der Waals surface area contributed by atoms with Gasteiger partial charge in [-0.2, -0.15) is 0 Å². The van der Waals surface area contributed by atoms with Crippen molar-refractivity contribution >= 4 is 39.2 Å². The minimum Gasteiger partial charge on any atom is -0.330 e. The van der Waals surface area contributed by atoms with Gasteiger partial charge < -0.3 is 14.5 Å². The summed E-state index contributed by atoms with van der Waals surface area (Å²) in [5, 5.41) is 0. The molecule has 1 N–H and O–H groups in total. The minimum absolute atomic E-state index is 0.267. The van der Waals surface area contributed by atoms with Crippen LogP contribution >= 0.6 is 28.1 Å². The van der Waals surface area contributed by atoms with Gasteiger partial charge in [-0.25, -0.2) is 4.39 Å². The van der Waals surface area contributed by atoms with Crippen molar-refractivity contribution in [3.63, 3.8) is 0 Å². The molecule has 20 heavy (non-hydrogen) atoms. The molecule has 0 bridgehead atoms. The van der Waals surface area contributed by atoms with E-state index >= 15 is 0 Å². The number of aromatic amines is 1. The smallest absolute Gasteiger partial charge is 0.178 e. The fourth-order valence-electron chi connectivity index (χ4n) is 2.80. The van der Waals surface area contributed by atoms with Gasteiger partial charge in [-0.15, -0.1) is 0 Å².